The van der Waals surface area contributed by atoms with Gasteiger partial charge in [-0.25, -0.2) is 0 Å². The molecule has 0 saturated carbocycles. The zero-order valence-electron chi connectivity index (χ0n) is 11.4. The van der Waals surface area contributed by atoms with E-state index in [0.717, 1.165) is 5.56 Å². The van der Waals surface area contributed by atoms with Gasteiger partial charge in [0.2, 0.25) is 0 Å². The molecule has 3 heteroatoms. The summed E-state index contributed by atoms with van der Waals surface area (Å²) in [4.78, 5) is 0. The number of hydrogen-bond acceptors (Lipinski definition) is 3. The Hall–Kier alpha value is -1.68. The smallest absolute Gasteiger partial charge is 0.159 e. The van der Waals surface area contributed by atoms with Crippen molar-refractivity contribution in [3.63, 3.8) is 0 Å². The van der Waals surface area contributed by atoms with Crippen LogP contribution in [0.1, 0.15) is 18.0 Å². The van der Waals surface area contributed by atoms with Crippen LogP contribution in [0.4, 0.5) is 0 Å². The maximum absolute atomic E-state index is 6.20. The van der Waals surface area contributed by atoms with Gasteiger partial charge in [-0.1, -0.05) is 54.6 Å². The first-order valence-electron chi connectivity index (χ1n) is 6.97. The Labute approximate surface area is 119 Å². The largest absolute Gasteiger partial charge is 0.350 e. The predicted molar refractivity (Wildman–Crippen MR) is 79.1 cm³/mol. The van der Waals surface area contributed by atoms with Gasteiger partial charge in [0.05, 0.1) is 13.2 Å². The van der Waals surface area contributed by atoms with Crippen molar-refractivity contribution in [3.8, 4) is 11.1 Å². The van der Waals surface area contributed by atoms with Gasteiger partial charge in [-0.15, -0.1) is 0 Å². The molecule has 2 aromatic rings. The summed E-state index contributed by atoms with van der Waals surface area (Å²) >= 11 is 0. The van der Waals surface area contributed by atoms with E-state index in [-0.39, 0.29) is 12.3 Å². The molecule has 3 rings (SSSR count). The van der Waals surface area contributed by atoms with E-state index in [9.17, 15) is 0 Å². The van der Waals surface area contributed by atoms with Crippen molar-refractivity contribution in [1.82, 2.24) is 0 Å². The lowest BCUT2D eigenvalue weighted by Gasteiger charge is -2.16. The second-order valence-corrected chi connectivity index (χ2v) is 5.00. The van der Waals surface area contributed by atoms with Crippen LogP contribution in [0.15, 0.2) is 54.6 Å². The molecule has 1 heterocycles. The maximum atomic E-state index is 6.20. The average molecular weight is 269 g/mol. The molecule has 1 atom stereocenters. The monoisotopic (exact) mass is 269 g/mol. The molecule has 104 valence electrons. The predicted octanol–water partition coefficient (Wildman–Crippen LogP) is 3.12. The van der Waals surface area contributed by atoms with Crippen LogP contribution in [0.3, 0.4) is 0 Å². The molecule has 1 fully saturated rings. The first-order valence-corrected chi connectivity index (χ1v) is 6.97. The molecule has 0 aliphatic carbocycles. The lowest BCUT2D eigenvalue weighted by Crippen LogP contribution is -2.19. The summed E-state index contributed by atoms with van der Waals surface area (Å²) in [5, 5.41) is 0. The minimum Gasteiger partial charge on any atom is -0.350 e. The van der Waals surface area contributed by atoms with Crippen molar-refractivity contribution in [2.75, 3.05) is 13.2 Å². The summed E-state index contributed by atoms with van der Waals surface area (Å²) in [6, 6.07) is 18.7. The third-order valence-corrected chi connectivity index (χ3v) is 3.58. The number of nitrogens with two attached hydrogens (primary N) is 1. The molecule has 0 amide bonds. The fourth-order valence-electron chi connectivity index (χ4n) is 2.44. The highest BCUT2D eigenvalue weighted by Gasteiger charge is 2.20. The van der Waals surface area contributed by atoms with Crippen LogP contribution < -0.4 is 5.73 Å². The van der Waals surface area contributed by atoms with Crippen molar-refractivity contribution in [2.45, 2.75) is 18.8 Å². The standard InChI is InChI=1S/C17H19NO2/c18-16(12-17-19-10-11-20-17)15-8-6-14(7-9-15)13-4-2-1-3-5-13/h1-9,16-17H,10-12,18H2. The van der Waals surface area contributed by atoms with E-state index in [1.807, 2.05) is 18.2 Å². The third kappa shape index (κ3) is 3.07. The Morgan fingerprint density at radius 3 is 2.15 bits per heavy atom. The molecule has 0 bridgehead atoms. The molecule has 1 unspecified atom stereocenters. The Morgan fingerprint density at radius 1 is 0.900 bits per heavy atom. The Morgan fingerprint density at radius 2 is 1.50 bits per heavy atom. The molecular weight excluding hydrogens is 250 g/mol. The highest BCUT2D eigenvalue weighted by Crippen LogP contribution is 2.24. The molecule has 1 saturated heterocycles. The molecular formula is C17H19NO2. The molecule has 1 aliphatic rings. The van der Waals surface area contributed by atoms with E-state index in [4.69, 9.17) is 15.2 Å². The van der Waals surface area contributed by atoms with Crippen LogP contribution in [0, 0.1) is 0 Å². The first kappa shape index (κ1) is 13.3. The van der Waals surface area contributed by atoms with Gasteiger partial charge >= 0.3 is 0 Å². The molecule has 3 nitrogen and oxygen atoms in total. The average Bonchev–Trinajstić information content (AvgIpc) is 3.01. The second kappa shape index (κ2) is 6.18. The van der Waals surface area contributed by atoms with E-state index in [2.05, 4.69) is 36.4 Å². The summed E-state index contributed by atoms with van der Waals surface area (Å²) in [6.45, 7) is 1.34. The molecule has 2 N–H and O–H groups in total. The van der Waals surface area contributed by atoms with Gasteiger partial charge in [0.15, 0.2) is 6.29 Å². The van der Waals surface area contributed by atoms with E-state index in [0.29, 0.717) is 19.6 Å². The van der Waals surface area contributed by atoms with Crippen molar-refractivity contribution in [1.29, 1.82) is 0 Å². The van der Waals surface area contributed by atoms with Crippen LogP contribution >= 0.6 is 0 Å². The number of benzene rings is 2. The molecule has 0 aromatic heterocycles. The normalized spacial score (nSPS) is 17.2. The lowest BCUT2D eigenvalue weighted by atomic mass is 9.99. The van der Waals surface area contributed by atoms with Crippen molar-refractivity contribution in [3.05, 3.63) is 60.2 Å². The third-order valence-electron chi connectivity index (χ3n) is 3.58. The SMILES string of the molecule is NC(CC1OCCO1)c1ccc(-c2ccccc2)cc1. The maximum Gasteiger partial charge on any atom is 0.159 e. The van der Waals surface area contributed by atoms with Crippen molar-refractivity contribution < 1.29 is 9.47 Å². The quantitative estimate of drug-likeness (QED) is 0.927. The Balaban J connectivity index is 1.69. The van der Waals surface area contributed by atoms with E-state index >= 15 is 0 Å². The highest BCUT2D eigenvalue weighted by atomic mass is 16.7. The summed E-state index contributed by atoms with van der Waals surface area (Å²) in [7, 11) is 0. The molecule has 2 aromatic carbocycles. The van der Waals surface area contributed by atoms with Gasteiger partial charge in [0, 0.05) is 12.5 Å². The zero-order chi connectivity index (χ0) is 13.8. The van der Waals surface area contributed by atoms with Gasteiger partial charge in [-0.2, -0.15) is 0 Å². The topological polar surface area (TPSA) is 44.5 Å². The lowest BCUT2D eigenvalue weighted by molar-refractivity contribution is -0.0507. The fourth-order valence-corrected chi connectivity index (χ4v) is 2.44. The van der Waals surface area contributed by atoms with Crippen LogP contribution in [0.2, 0.25) is 0 Å². The van der Waals surface area contributed by atoms with Crippen LogP contribution in [-0.4, -0.2) is 19.5 Å². The van der Waals surface area contributed by atoms with E-state index in [1.165, 1.54) is 11.1 Å². The molecule has 1 aliphatic heterocycles. The second-order valence-electron chi connectivity index (χ2n) is 5.00. The fraction of sp³-hybridized carbons (Fsp3) is 0.294. The van der Waals surface area contributed by atoms with Gasteiger partial charge < -0.3 is 15.2 Å². The summed E-state index contributed by atoms with van der Waals surface area (Å²) in [5.74, 6) is 0. The van der Waals surface area contributed by atoms with Crippen LogP contribution in [-0.2, 0) is 9.47 Å². The minimum atomic E-state index is -0.154. The number of hydrogen-bond donors (Lipinski definition) is 1. The highest BCUT2D eigenvalue weighted by molar-refractivity contribution is 5.63. The zero-order valence-corrected chi connectivity index (χ0v) is 11.4. The van der Waals surface area contributed by atoms with Gasteiger partial charge in [-0.05, 0) is 16.7 Å². The summed E-state index contributed by atoms with van der Waals surface area (Å²) in [5.41, 5.74) is 9.74. The van der Waals surface area contributed by atoms with E-state index in [1.54, 1.807) is 0 Å². The summed E-state index contributed by atoms with van der Waals surface area (Å²) < 4.78 is 10.9. The van der Waals surface area contributed by atoms with Crippen LogP contribution in [0.25, 0.3) is 11.1 Å². The Kier molecular flexibility index (Phi) is 4.11. The number of rotatable bonds is 4. The summed E-state index contributed by atoms with van der Waals surface area (Å²) in [6.07, 6.45) is 0.545. The molecule has 20 heavy (non-hydrogen) atoms. The molecule has 0 spiro atoms. The Bertz CT molecular complexity index is 533. The number of ether oxygens (including phenoxy) is 2. The van der Waals surface area contributed by atoms with Gasteiger partial charge in [0.1, 0.15) is 0 Å². The van der Waals surface area contributed by atoms with Gasteiger partial charge in [0.25, 0.3) is 0 Å². The minimum absolute atomic E-state index is 0.0528. The molecule has 0 radical (unpaired) electrons. The van der Waals surface area contributed by atoms with E-state index < -0.39 is 0 Å². The van der Waals surface area contributed by atoms with Crippen molar-refractivity contribution >= 4 is 0 Å². The van der Waals surface area contributed by atoms with Crippen LogP contribution in [0.5, 0.6) is 0 Å². The van der Waals surface area contributed by atoms with Gasteiger partial charge in [-0.3, -0.25) is 0 Å². The first-order chi connectivity index (χ1) is 9.83. The van der Waals surface area contributed by atoms with Crippen molar-refractivity contribution in [2.24, 2.45) is 5.73 Å².